The van der Waals surface area contributed by atoms with Gasteiger partial charge in [0, 0.05) is 6.42 Å². The van der Waals surface area contributed by atoms with Gasteiger partial charge < -0.3 is 5.73 Å². The van der Waals surface area contributed by atoms with Gasteiger partial charge in [0.05, 0.1) is 9.99 Å². The highest BCUT2D eigenvalue weighted by atomic mass is 127. The molecule has 1 heterocycles. The molecule has 1 amide bonds. The molecule has 5 nitrogen and oxygen atoms in total. The molecule has 0 unspecified atom stereocenters. The van der Waals surface area contributed by atoms with Crippen LogP contribution in [0, 0.1) is 0 Å². The second-order valence-electron chi connectivity index (χ2n) is 4.53. The number of aromatic nitrogens is 3. The Kier molecular flexibility index (Phi) is 5.04. The van der Waals surface area contributed by atoms with Crippen molar-refractivity contribution in [3.63, 3.8) is 0 Å². The predicted molar refractivity (Wildman–Crippen MR) is 81.2 cm³/mol. The van der Waals surface area contributed by atoms with Crippen molar-refractivity contribution in [3.05, 3.63) is 47.0 Å². The molecule has 2 aromatic rings. The predicted octanol–water partition coefficient (Wildman–Crippen LogP) is 2.31. The van der Waals surface area contributed by atoms with E-state index in [0.29, 0.717) is 10.3 Å². The highest BCUT2D eigenvalue weighted by molar-refractivity contribution is 14.1. The minimum Gasteiger partial charge on any atom is -0.368 e. The first-order valence-corrected chi connectivity index (χ1v) is 7.75. The summed E-state index contributed by atoms with van der Waals surface area (Å²) in [7, 11) is 0. The van der Waals surface area contributed by atoms with Crippen LogP contribution < -0.4 is 5.73 Å². The van der Waals surface area contributed by atoms with Crippen molar-refractivity contribution in [1.82, 2.24) is 14.8 Å². The third-order valence-electron chi connectivity index (χ3n) is 2.89. The van der Waals surface area contributed by atoms with Crippen LogP contribution in [-0.2, 0) is 28.4 Å². The molecule has 0 radical (unpaired) electrons. The number of alkyl halides is 4. The largest absolute Gasteiger partial charge is 0.416 e. The molecule has 0 aliphatic heterocycles. The Bertz CT molecular complexity index is 684. The fraction of sp³-hybridized carbons (Fsp3) is 0.308. The van der Waals surface area contributed by atoms with E-state index in [0.717, 1.165) is 6.07 Å². The number of nitrogens with two attached hydrogens (primary N) is 1. The smallest absolute Gasteiger partial charge is 0.368 e. The molecule has 1 aromatic heterocycles. The summed E-state index contributed by atoms with van der Waals surface area (Å²) in [5.74, 6) is 0.0961. The van der Waals surface area contributed by atoms with Crippen LogP contribution in [0.5, 0.6) is 0 Å². The molecule has 0 aliphatic rings. The van der Waals surface area contributed by atoms with Gasteiger partial charge in [-0.25, -0.2) is 9.67 Å². The summed E-state index contributed by atoms with van der Waals surface area (Å²) in [6.07, 6.45) is -4.52. The molecule has 1 aromatic carbocycles. The average Bonchev–Trinajstić information content (AvgIpc) is 2.79. The van der Waals surface area contributed by atoms with Crippen molar-refractivity contribution in [3.8, 4) is 0 Å². The highest BCUT2D eigenvalue weighted by Gasteiger charge is 2.33. The zero-order valence-corrected chi connectivity index (χ0v) is 13.4. The average molecular weight is 424 g/mol. The summed E-state index contributed by atoms with van der Waals surface area (Å²) in [6.45, 7) is -0.215. The maximum atomic E-state index is 13.0. The number of rotatable bonds is 5. The third kappa shape index (κ3) is 3.96. The Morgan fingerprint density at radius 1 is 1.32 bits per heavy atom. The van der Waals surface area contributed by atoms with Crippen molar-refractivity contribution in [2.75, 3.05) is 0 Å². The minimum atomic E-state index is -4.45. The summed E-state index contributed by atoms with van der Waals surface area (Å²) in [6, 6.07) is 5.26. The van der Waals surface area contributed by atoms with Gasteiger partial charge >= 0.3 is 6.18 Å². The number of hydrogen-bond acceptors (Lipinski definition) is 3. The monoisotopic (exact) mass is 424 g/mol. The fourth-order valence-electron chi connectivity index (χ4n) is 2.01. The van der Waals surface area contributed by atoms with E-state index in [9.17, 15) is 18.0 Å². The number of amides is 1. The molecule has 0 saturated carbocycles. The number of carbonyl (C=O) groups excluding carboxylic acids is 1. The number of primary amides is 1. The Hall–Kier alpha value is -1.65. The summed E-state index contributed by atoms with van der Waals surface area (Å²) >= 11 is 2.03. The molecule has 0 fully saturated rings. The van der Waals surface area contributed by atoms with Crippen molar-refractivity contribution in [1.29, 1.82) is 0 Å². The molecule has 0 saturated heterocycles. The summed E-state index contributed by atoms with van der Waals surface area (Å²) in [5, 5.41) is 4.07. The summed E-state index contributed by atoms with van der Waals surface area (Å²) < 4.78 is 40.8. The number of carbonyl (C=O) groups is 1. The zero-order valence-electron chi connectivity index (χ0n) is 11.3. The van der Waals surface area contributed by atoms with E-state index in [1.54, 1.807) is 0 Å². The Morgan fingerprint density at radius 2 is 2.00 bits per heavy atom. The second kappa shape index (κ2) is 6.63. The Balaban J connectivity index is 2.39. The van der Waals surface area contributed by atoms with Crippen LogP contribution in [-0.4, -0.2) is 20.7 Å². The highest BCUT2D eigenvalue weighted by Crippen LogP contribution is 2.32. The van der Waals surface area contributed by atoms with E-state index in [1.165, 1.54) is 22.9 Å². The molecule has 0 atom stereocenters. The van der Waals surface area contributed by atoms with Gasteiger partial charge in [-0.2, -0.15) is 18.3 Å². The molecule has 118 valence electrons. The van der Waals surface area contributed by atoms with E-state index < -0.39 is 17.6 Å². The first kappa shape index (κ1) is 16.7. The molecular weight excluding hydrogens is 412 g/mol. The van der Waals surface area contributed by atoms with E-state index >= 15 is 0 Å². The maximum absolute atomic E-state index is 13.0. The molecule has 0 spiro atoms. The fourth-order valence-corrected chi connectivity index (χ4v) is 2.33. The van der Waals surface area contributed by atoms with Gasteiger partial charge in [0.1, 0.15) is 12.4 Å². The topological polar surface area (TPSA) is 73.8 Å². The summed E-state index contributed by atoms with van der Waals surface area (Å²) in [4.78, 5) is 15.2. The Morgan fingerprint density at radius 3 is 2.59 bits per heavy atom. The van der Waals surface area contributed by atoms with Gasteiger partial charge in [0.2, 0.25) is 5.91 Å². The first-order valence-electron chi connectivity index (χ1n) is 6.23. The van der Waals surface area contributed by atoms with Crippen LogP contribution in [0.25, 0.3) is 0 Å². The van der Waals surface area contributed by atoms with Gasteiger partial charge in [-0.05, 0) is 11.6 Å². The van der Waals surface area contributed by atoms with Crippen molar-refractivity contribution in [2.24, 2.45) is 5.73 Å². The minimum absolute atomic E-state index is 0.0768. The lowest BCUT2D eigenvalue weighted by atomic mass is 10.0. The number of benzene rings is 1. The third-order valence-corrected chi connectivity index (χ3v) is 3.57. The van der Waals surface area contributed by atoms with E-state index in [-0.39, 0.29) is 24.4 Å². The molecule has 0 bridgehead atoms. The lowest BCUT2D eigenvalue weighted by Gasteiger charge is -2.12. The quantitative estimate of drug-likeness (QED) is 0.592. The van der Waals surface area contributed by atoms with Crippen molar-refractivity contribution in [2.45, 2.75) is 23.6 Å². The standard InChI is InChI=1S/C13H12F3IN4O/c14-13(15,16)9-4-2-1-3-8(9)5-12-19-11(6-17)20-21(12)7-10(18)22/h1-4H,5-7H2,(H2,18,22). The van der Waals surface area contributed by atoms with E-state index in [2.05, 4.69) is 10.1 Å². The van der Waals surface area contributed by atoms with Crippen LogP contribution in [0.2, 0.25) is 0 Å². The zero-order chi connectivity index (χ0) is 16.3. The lowest BCUT2D eigenvalue weighted by Crippen LogP contribution is -2.21. The van der Waals surface area contributed by atoms with E-state index in [1.807, 2.05) is 22.6 Å². The molecule has 0 aliphatic carbocycles. The maximum Gasteiger partial charge on any atom is 0.416 e. The molecule has 22 heavy (non-hydrogen) atoms. The number of halogens is 4. The first-order chi connectivity index (χ1) is 10.3. The van der Waals surface area contributed by atoms with Crippen molar-refractivity contribution < 1.29 is 18.0 Å². The van der Waals surface area contributed by atoms with Gasteiger partial charge in [-0.1, -0.05) is 40.8 Å². The number of hydrogen-bond donors (Lipinski definition) is 1. The van der Waals surface area contributed by atoms with Crippen LogP contribution in [0.3, 0.4) is 0 Å². The lowest BCUT2D eigenvalue weighted by molar-refractivity contribution is -0.138. The van der Waals surface area contributed by atoms with Crippen LogP contribution in [0.1, 0.15) is 22.8 Å². The molecule has 2 rings (SSSR count). The van der Waals surface area contributed by atoms with Gasteiger partial charge in [-0.15, -0.1) is 0 Å². The van der Waals surface area contributed by atoms with Gasteiger partial charge in [0.15, 0.2) is 5.82 Å². The SMILES string of the molecule is NC(=O)Cn1nc(CI)nc1Cc1ccccc1C(F)(F)F. The van der Waals surface area contributed by atoms with Gasteiger partial charge in [0.25, 0.3) is 0 Å². The molecule has 9 heteroatoms. The van der Waals surface area contributed by atoms with E-state index in [4.69, 9.17) is 5.73 Å². The second-order valence-corrected chi connectivity index (χ2v) is 5.30. The Labute approximate surface area is 137 Å². The van der Waals surface area contributed by atoms with Crippen molar-refractivity contribution >= 4 is 28.5 Å². The van der Waals surface area contributed by atoms with Crippen LogP contribution in [0.4, 0.5) is 13.2 Å². The van der Waals surface area contributed by atoms with Crippen LogP contribution >= 0.6 is 22.6 Å². The molecule has 2 N–H and O–H groups in total. The number of nitrogens with zero attached hydrogens (tertiary/aromatic N) is 3. The molecular formula is C13H12F3IN4O. The normalized spacial score (nSPS) is 11.6. The van der Waals surface area contributed by atoms with Gasteiger partial charge in [-0.3, -0.25) is 4.79 Å². The van der Waals surface area contributed by atoms with Crippen LogP contribution in [0.15, 0.2) is 24.3 Å². The summed E-state index contributed by atoms with van der Waals surface area (Å²) in [5.41, 5.74) is 4.48.